The molecule has 1 N–H and O–H groups in total. The van der Waals surface area contributed by atoms with Gasteiger partial charge in [-0.2, -0.15) is 0 Å². The molecule has 1 amide bonds. The summed E-state index contributed by atoms with van der Waals surface area (Å²) in [5.41, 5.74) is 0.771. The van der Waals surface area contributed by atoms with Crippen LogP contribution in [0.25, 0.3) is 0 Å². The fraction of sp³-hybridized carbons (Fsp3) is 0.714. The van der Waals surface area contributed by atoms with Crippen LogP contribution in [-0.4, -0.2) is 25.0 Å². The molecular weight excluding hydrogens is 230 g/mol. The largest absolute Gasteiger partial charge is 0.469 e. The van der Waals surface area contributed by atoms with Gasteiger partial charge in [0.15, 0.2) is 0 Å². The maximum Gasteiger partial charge on any atom is 0.308 e. The molecule has 0 spiro atoms. The second-order valence-electron chi connectivity index (χ2n) is 4.84. The Kier molecular flexibility index (Phi) is 5.89. The summed E-state index contributed by atoms with van der Waals surface area (Å²) < 4.78 is 4.74. The standard InChI is InChI=1S/C14H23NO3/c1-4-5-10(2)13(16)15-12-8-6-11(7-9-12)14(17)18-3/h5,11-12H,4,6-9H2,1-3H3,(H,15,16)/b10-5-. The van der Waals surface area contributed by atoms with E-state index in [9.17, 15) is 9.59 Å². The normalized spacial score (nSPS) is 24.5. The van der Waals surface area contributed by atoms with Crippen molar-refractivity contribution >= 4 is 11.9 Å². The molecule has 0 aliphatic heterocycles. The third-order valence-electron chi connectivity index (χ3n) is 3.47. The molecule has 0 saturated heterocycles. The summed E-state index contributed by atoms with van der Waals surface area (Å²) in [6, 6.07) is 0.193. The smallest absolute Gasteiger partial charge is 0.308 e. The lowest BCUT2D eigenvalue weighted by Crippen LogP contribution is -2.39. The number of amides is 1. The molecule has 1 rings (SSSR count). The zero-order valence-corrected chi connectivity index (χ0v) is 11.5. The molecule has 0 heterocycles. The molecule has 0 unspecified atom stereocenters. The minimum atomic E-state index is -0.123. The molecule has 1 aliphatic carbocycles. The molecule has 4 nitrogen and oxygen atoms in total. The maximum absolute atomic E-state index is 11.8. The summed E-state index contributed by atoms with van der Waals surface area (Å²) in [4.78, 5) is 23.2. The van der Waals surface area contributed by atoms with Crippen LogP contribution in [0.2, 0.25) is 0 Å². The highest BCUT2D eigenvalue weighted by Crippen LogP contribution is 2.25. The van der Waals surface area contributed by atoms with Crippen molar-refractivity contribution in [1.82, 2.24) is 5.32 Å². The number of ether oxygens (including phenoxy) is 1. The summed E-state index contributed by atoms with van der Waals surface area (Å²) in [6.07, 6.45) is 6.10. The molecule has 1 saturated carbocycles. The average molecular weight is 253 g/mol. The van der Waals surface area contributed by atoms with Gasteiger partial charge >= 0.3 is 5.97 Å². The topological polar surface area (TPSA) is 55.4 Å². The molecular formula is C14H23NO3. The predicted molar refractivity (Wildman–Crippen MR) is 70.0 cm³/mol. The van der Waals surface area contributed by atoms with Gasteiger partial charge in [-0.3, -0.25) is 9.59 Å². The molecule has 0 radical (unpaired) electrons. The van der Waals surface area contributed by atoms with Crippen molar-refractivity contribution in [2.75, 3.05) is 7.11 Å². The number of allylic oxidation sites excluding steroid dienone is 1. The summed E-state index contributed by atoms with van der Waals surface area (Å²) in [6.45, 7) is 3.84. The van der Waals surface area contributed by atoms with Crippen molar-refractivity contribution in [3.8, 4) is 0 Å². The first-order valence-corrected chi connectivity index (χ1v) is 6.63. The van der Waals surface area contributed by atoms with Gasteiger partial charge in [-0.1, -0.05) is 13.0 Å². The van der Waals surface area contributed by atoms with Gasteiger partial charge in [0.2, 0.25) is 5.91 Å². The number of methoxy groups -OCH3 is 1. The Hall–Kier alpha value is -1.32. The van der Waals surface area contributed by atoms with Gasteiger partial charge in [-0.15, -0.1) is 0 Å². The summed E-state index contributed by atoms with van der Waals surface area (Å²) in [7, 11) is 1.43. The van der Waals surface area contributed by atoms with Gasteiger partial charge in [0.25, 0.3) is 0 Å². The van der Waals surface area contributed by atoms with Crippen LogP contribution >= 0.6 is 0 Å². The van der Waals surface area contributed by atoms with Crippen molar-refractivity contribution < 1.29 is 14.3 Å². The van der Waals surface area contributed by atoms with E-state index in [1.54, 1.807) is 0 Å². The van der Waals surface area contributed by atoms with Crippen LogP contribution in [0.4, 0.5) is 0 Å². The highest BCUT2D eigenvalue weighted by atomic mass is 16.5. The summed E-state index contributed by atoms with van der Waals surface area (Å²) >= 11 is 0. The average Bonchev–Trinajstić information content (AvgIpc) is 2.39. The van der Waals surface area contributed by atoms with Crippen LogP contribution in [0.1, 0.15) is 46.0 Å². The summed E-state index contributed by atoms with van der Waals surface area (Å²) in [5.74, 6) is -0.101. The van der Waals surface area contributed by atoms with E-state index in [1.807, 2.05) is 19.9 Å². The van der Waals surface area contributed by atoms with E-state index in [4.69, 9.17) is 4.74 Å². The lowest BCUT2D eigenvalue weighted by atomic mass is 9.86. The minimum absolute atomic E-state index is 0.00966. The van der Waals surface area contributed by atoms with Crippen LogP contribution in [-0.2, 0) is 14.3 Å². The summed E-state index contributed by atoms with van der Waals surface area (Å²) in [5, 5.41) is 3.02. The van der Waals surface area contributed by atoms with E-state index in [2.05, 4.69) is 5.32 Å². The quantitative estimate of drug-likeness (QED) is 0.617. The Labute approximate surface area is 109 Å². The number of hydrogen-bond acceptors (Lipinski definition) is 3. The lowest BCUT2D eigenvalue weighted by molar-refractivity contribution is -0.146. The molecule has 18 heavy (non-hydrogen) atoms. The van der Waals surface area contributed by atoms with Gasteiger partial charge in [0.1, 0.15) is 0 Å². The molecule has 0 atom stereocenters. The zero-order chi connectivity index (χ0) is 13.5. The third-order valence-corrected chi connectivity index (χ3v) is 3.47. The molecule has 0 bridgehead atoms. The second kappa shape index (κ2) is 7.19. The monoisotopic (exact) mass is 253 g/mol. The van der Waals surface area contributed by atoms with Crippen molar-refractivity contribution in [3.05, 3.63) is 11.6 Å². The SMILES string of the molecule is CC/C=C(/C)C(=O)NC1CCC(C(=O)OC)CC1. The van der Waals surface area contributed by atoms with Crippen molar-refractivity contribution in [2.24, 2.45) is 5.92 Å². The van der Waals surface area contributed by atoms with Gasteiger partial charge < -0.3 is 10.1 Å². The zero-order valence-electron chi connectivity index (χ0n) is 11.5. The second-order valence-corrected chi connectivity index (χ2v) is 4.84. The van der Waals surface area contributed by atoms with E-state index in [-0.39, 0.29) is 23.8 Å². The number of carbonyl (C=O) groups excluding carboxylic acids is 2. The van der Waals surface area contributed by atoms with E-state index in [0.29, 0.717) is 0 Å². The van der Waals surface area contributed by atoms with Crippen LogP contribution in [0.15, 0.2) is 11.6 Å². The molecule has 1 fully saturated rings. The van der Waals surface area contributed by atoms with E-state index >= 15 is 0 Å². The van der Waals surface area contributed by atoms with Crippen LogP contribution in [0.3, 0.4) is 0 Å². The van der Waals surface area contributed by atoms with Gasteiger partial charge in [-0.25, -0.2) is 0 Å². The highest BCUT2D eigenvalue weighted by Gasteiger charge is 2.27. The molecule has 4 heteroatoms. The Morgan fingerprint density at radius 2 is 1.89 bits per heavy atom. The Balaban J connectivity index is 2.38. The molecule has 102 valence electrons. The number of esters is 1. The van der Waals surface area contributed by atoms with E-state index in [0.717, 1.165) is 37.7 Å². The minimum Gasteiger partial charge on any atom is -0.469 e. The van der Waals surface area contributed by atoms with Crippen molar-refractivity contribution in [2.45, 2.75) is 52.0 Å². The fourth-order valence-corrected chi connectivity index (χ4v) is 2.34. The highest BCUT2D eigenvalue weighted by molar-refractivity contribution is 5.92. The fourth-order valence-electron chi connectivity index (χ4n) is 2.34. The first-order chi connectivity index (χ1) is 8.58. The lowest BCUT2D eigenvalue weighted by Gasteiger charge is -2.27. The van der Waals surface area contributed by atoms with Crippen LogP contribution < -0.4 is 5.32 Å². The number of rotatable bonds is 4. The number of carbonyl (C=O) groups is 2. The third kappa shape index (κ3) is 4.17. The number of nitrogens with one attached hydrogen (secondary N) is 1. The van der Waals surface area contributed by atoms with Gasteiger partial charge in [0.05, 0.1) is 13.0 Å². The molecule has 0 aromatic heterocycles. The maximum atomic E-state index is 11.8. The first-order valence-electron chi connectivity index (χ1n) is 6.63. The van der Waals surface area contributed by atoms with E-state index in [1.165, 1.54) is 7.11 Å². The van der Waals surface area contributed by atoms with E-state index < -0.39 is 0 Å². The molecule has 0 aromatic carbocycles. The Bertz CT molecular complexity index is 328. The van der Waals surface area contributed by atoms with Crippen molar-refractivity contribution in [1.29, 1.82) is 0 Å². The number of hydrogen-bond donors (Lipinski definition) is 1. The Morgan fingerprint density at radius 3 is 2.39 bits per heavy atom. The van der Waals surface area contributed by atoms with Gasteiger partial charge in [-0.05, 0) is 39.0 Å². The Morgan fingerprint density at radius 1 is 1.28 bits per heavy atom. The van der Waals surface area contributed by atoms with Crippen LogP contribution in [0.5, 0.6) is 0 Å². The molecule has 0 aromatic rings. The molecule has 1 aliphatic rings. The van der Waals surface area contributed by atoms with Crippen molar-refractivity contribution in [3.63, 3.8) is 0 Å². The van der Waals surface area contributed by atoms with Crippen LogP contribution in [0, 0.1) is 5.92 Å². The predicted octanol–water partition coefficient (Wildman–Crippen LogP) is 2.19. The van der Waals surface area contributed by atoms with Gasteiger partial charge in [0, 0.05) is 11.6 Å². The first kappa shape index (κ1) is 14.7.